The molecule has 0 aromatic heterocycles. The van der Waals surface area contributed by atoms with Gasteiger partial charge < -0.3 is 40.9 Å². The van der Waals surface area contributed by atoms with Gasteiger partial charge in [-0.1, -0.05) is 104 Å². The first-order chi connectivity index (χ1) is 45.8. The summed E-state index contributed by atoms with van der Waals surface area (Å²) in [4.78, 5) is 50.8. The average Bonchev–Trinajstić information content (AvgIpc) is 1.01. The van der Waals surface area contributed by atoms with Crippen molar-refractivity contribution in [1.29, 1.82) is 0 Å². The van der Waals surface area contributed by atoms with Gasteiger partial charge in [-0.2, -0.15) is 0 Å². The van der Waals surface area contributed by atoms with Crippen LogP contribution in [0.5, 0.6) is 0 Å². The van der Waals surface area contributed by atoms with Crippen molar-refractivity contribution in [3.63, 3.8) is 0 Å². The van der Waals surface area contributed by atoms with E-state index in [4.69, 9.17) is 0 Å². The van der Waals surface area contributed by atoms with Gasteiger partial charge >= 0.3 is 17.9 Å². The molecule has 0 aromatic carbocycles. The zero-order chi connectivity index (χ0) is 72.6. The molecule has 14 unspecified atom stereocenters. The van der Waals surface area contributed by atoms with Crippen molar-refractivity contribution in [3.05, 3.63) is 0 Å². The zero-order valence-electron chi connectivity index (χ0n) is 65.8. The number of aliphatic hydroxyl groups excluding tert-OH is 5. The number of carboxylic acids is 3. The molecule has 8 N–H and O–H groups in total. The molecule has 15 fully saturated rings. The second kappa shape index (κ2) is 25.8. The Labute approximate surface area is 666 Å². The number of carboxylic acid groups (broad SMARTS) is 3. The first-order valence-corrected chi connectivity index (χ1v) is 41.4. The Kier molecular flexibility index (Phi) is 20.5. The van der Waals surface area contributed by atoms with Crippen LogP contribution in [-0.2, 0) is 19.2 Å². The molecular weight excluding hydrogens is 1460 g/mol. The van der Waals surface area contributed by atoms with Gasteiger partial charge in [-0.3, -0.25) is 19.2 Å². The van der Waals surface area contributed by atoms with E-state index in [0.29, 0.717) is 59.7 Å². The summed E-state index contributed by atoms with van der Waals surface area (Å²) in [5, 5.41) is 85.3. The van der Waals surface area contributed by atoms with Gasteiger partial charge in [0.15, 0.2) is 0 Å². The molecule has 0 aromatic rings. The summed E-state index contributed by atoms with van der Waals surface area (Å²) >= 11 is 0. The maximum Gasteiger partial charge on any atom is 0.309 e. The summed E-state index contributed by atoms with van der Waals surface area (Å²) in [5.74, 6) is 3.25. The SMILES string of the molecule is CC(=O)[C@@H]1CC[C@]2(C(=O)O)CC[C@]3(C)C(CCC4[C@@]5(C)CC[C@H](O)C(C)(C)C5CC[C@]43C)C12.CC(O)[C@@H]1CC[C@]2(C(=O)O)CC[C@]3(C)C(CCC4[C@@]5(C)CC[C@H](O)C(C)(C)C5CC[C@]43C)C12.CC(O)[C@@H]1CC[C@]2(C(=O)O)CC[C@]3(C)C(CCC4[C@@]5(C)CC[C@H](O)C(C)(C)C5CC[C@]43C)C12.[Rn]. The van der Waals surface area contributed by atoms with Crippen LogP contribution in [0.4, 0.5) is 0 Å². The molecule has 0 saturated heterocycles. The van der Waals surface area contributed by atoms with Crippen LogP contribution >= 0.6 is 0 Å². The standard InChI is InChI=1S/2C29H48O4.C29H46O4.Rn/c3*1-17(30)18-9-14-29(24(32)33)16-15-27(5)19(23(18)29)7-8-21-26(4)12-11-22(31)25(2,3)20(26)10-13-28(21,27)6;/h2*17-23,30-31H,7-16H2,1-6H3,(H,32,33);18-23,31H,7-16H2,1-6H3,(H,32,33);/t2*17?,18-,19?,20?,21?,22-,23?,26-,27+,28+,29-;18-,19?,20?,21?,22-,23?,26-,27+,28+,29-;/m000./s1. The fraction of sp³-hybridized carbons (Fsp3) is 0.954. The second-order valence-electron chi connectivity index (χ2n) is 43.2. The van der Waals surface area contributed by atoms with Gasteiger partial charge in [0.2, 0.25) is 0 Å². The predicted molar refractivity (Wildman–Crippen MR) is 387 cm³/mol. The van der Waals surface area contributed by atoms with Crippen molar-refractivity contribution in [1.82, 2.24) is 0 Å². The Morgan fingerprint density at radius 2 is 0.580 bits per heavy atom. The van der Waals surface area contributed by atoms with Gasteiger partial charge in [-0.15, -0.1) is 0 Å². The number of carbonyl (C=O) groups excluding carboxylic acids is 1. The zero-order valence-corrected chi connectivity index (χ0v) is 68.6. The summed E-state index contributed by atoms with van der Waals surface area (Å²) < 4.78 is 0. The molecule has 570 valence electrons. The summed E-state index contributed by atoms with van der Waals surface area (Å²) in [6.45, 7) is 42.0. The van der Waals surface area contributed by atoms with Crippen LogP contribution in [0, 0.1) is 242 Å². The summed E-state index contributed by atoms with van der Waals surface area (Å²) in [7, 11) is 0. The Hall–Kier alpha value is -0.00312. The van der Waals surface area contributed by atoms with Crippen molar-refractivity contribution in [2.75, 3.05) is 0 Å². The number of Topliss-reactive ketones (excluding diaryl/α,β-unsaturated/α-hetero) is 1. The summed E-state index contributed by atoms with van der Waals surface area (Å²) in [6, 6.07) is 0. The Balaban J connectivity index is 0.000000141. The van der Waals surface area contributed by atoms with Crippen molar-refractivity contribution in [3.8, 4) is 0 Å². The largest absolute Gasteiger partial charge is 0.481 e. The number of fused-ring (bicyclic) bond motifs is 21. The molecule has 12 nitrogen and oxygen atoms in total. The molecule has 0 aliphatic heterocycles. The van der Waals surface area contributed by atoms with E-state index in [9.17, 15) is 60.0 Å². The molecule has 0 spiro atoms. The average molecular weight is 1600 g/mol. The maximum absolute atomic E-state index is 12.7. The minimum absolute atomic E-state index is 0. The van der Waals surface area contributed by atoms with Gasteiger partial charge in [0, 0.05) is 77.8 Å². The van der Waals surface area contributed by atoms with E-state index in [1.54, 1.807) is 6.92 Å². The number of hydrogen-bond donors (Lipinski definition) is 8. The Bertz CT molecular complexity index is 3030. The van der Waals surface area contributed by atoms with E-state index in [2.05, 4.69) is 104 Å². The molecule has 0 amide bonds. The number of aliphatic hydroxyl groups is 5. The minimum atomic E-state index is -0.693. The molecule has 13 heteroatoms. The number of aliphatic carboxylic acids is 3. The Morgan fingerprint density at radius 3 is 0.850 bits per heavy atom. The third kappa shape index (κ3) is 10.5. The smallest absolute Gasteiger partial charge is 0.309 e. The van der Waals surface area contributed by atoms with Crippen LogP contribution < -0.4 is 0 Å². The van der Waals surface area contributed by atoms with E-state index in [1.807, 2.05) is 13.8 Å². The van der Waals surface area contributed by atoms with Gasteiger partial charge in [0.05, 0.1) is 46.8 Å². The van der Waals surface area contributed by atoms with E-state index in [1.165, 1.54) is 44.9 Å². The monoisotopic (exact) mass is 1600 g/mol. The molecule has 0 bridgehead atoms. The molecule has 15 aliphatic rings. The number of hydrogen-bond acceptors (Lipinski definition) is 9. The van der Waals surface area contributed by atoms with Crippen LogP contribution in [0.2, 0.25) is 0 Å². The summed E-state index contributed by atoms with van der Waals surface area (Å²) in [5.41, 5.74) is -0.540. The fourth-order valence-electron chi connectivity index (χ4n) is 34.5. The van der Waals surface area contributed by atoms with Crippen LogP contribution in [0.15, 0.2) is 0 Å². The molecule has 15 aliphatic carbocycles. The van der Waals surface area contributed by atoms with Crippen molar-refractivity contribution >= 4 is 23.7 Å². The minimum Gasteiger partial charge on any atom is -0.481 e. The van der Waals surface area contributed by atoms with Gasteiger partial charge in [-0.05, 0) is 361 Å². The summed E-state index contributed by atoms with van der Waals surface area (Å²) in [6.07, 6.45) is 28.2. The molecule has 15 rings (SSSR count). The van der Waals surface area contributed by atoms with E-state index < -0.39 is 46.4 Å². The normalized spacial score (nSPS) is 55.2. The number of rotatable bonds is 6. The van der Waals surface area contributed by atoms with Crippen LogP contribution in [0.1, 0.15) is 317 Å². The van der Waals surface area contributed by atoms with Gasteiger partial charge in [0.1, 0.15) is 5.78 Å². The van der Waals surface area contributed by atoms with Crippen molar-refractivity contribution < 1.29 is 132 Å². The quantitative estimate of drug-likeness (QED) is 0.124. The van der Waals surface area contributed by atoms with Crippen LogP contribution in [0.3, 0.4) is 0 Å². The molecule has 15 saturated carbocycles. The predicted octanol–water partition coefficient (Wildman–Crippen LogP) is 17.9. The third-order valence-corrected chi connectivity index (χ3v) is 40.4. The molecule has 0 heterocycles. The topological polar surface area (TPSA) is 230 Å². The van der Waals surface area contributed by atoms with E-state index in [0.717, 1.165) is 141 Å². The molecular formula is C87H142O12Rn. The van der Waals surface area contributed by atoms with Crippen LogP contribution in [0.25, 0.3) is 0 Å². The molecule has 32 atom stereocenters. The van der Waals surface area contributed by atoms with E-state index >= 15 is 0 Å². The number of carbonyl (C=O) groups is 4. The van der Waals surface area contributed by atoms with Crippen LogP contribution in [-0.4, -0.2) is 95.1 Å². The number of ketones is 1. The Morgan fingerprint density at radius 1 is 0.310 bits per heavy atom. The van der Waals surface area contributed by atoms with Gasteiger partial charge in [-0.25, -0.2) is 0 Å². The van der Waals surface area contributed by atoms with E-state index in [-0.39, 0.29) is 196 Å². The first kappa shape index (κ1) is 79.5. The molecule has 0 radical (unpaired) electrons. The second-order valence-corrected chi connectivity index (χ2v) is 43.2. The third-order valence-electron chi connectivity index (χ3n) is 40.4. The van der Waals surface area contributed by atoms with Crippen molar-refractivity contribution in [2.24, 2.45) is 170 Å². The maximum atomic E-state index is 12.7. The molecule has 100 heavy (non-hydrogen) atoms. The van der Waals surface area contributed by atoms with Crippen molar-refractivity contribution in [2.45, 2.75) is 348 Å². The fourth-order valence-corrected chi connectivity index (χ4v) is 34.5. The van der Waals surface area contributed by atoms with Gasteiger partial charge in [0.25, 0.3) is 0 Å². The first-order valence-electron chi connectivity index (χ1n) is 41.4.